The highest BCUT2D eigenvalue weighted by atomic mass is 16.3. The lowest BCUT2D eigenvalue weighted by atomic mass is 10.1. The van der Waals surface area contributed by atoms with Gasteiger partial charge in [-0.25, -0.2) is 9.89 Å². The molecule has 1 heterocycles. The van der Waals surface area contributed by atoms with E-state index in [0.717, 1.165) is 5.56 Å². The molecule has 1 atom stereocenters. The average Bonchev–Trinajstić information content (AvgIpc) is 2.55. The van der Waals surface area contributed by atoms with Gasteiger partial charge in [0.15, 0.2) is 6.19 Å². The van der Waals surface area contributed by atoms with Gasteiger partial charge in [0.1, 0.15) is 0 Å². The van der Waals surface area contributed by atoms with E-state index in [1.807, 2.05) is 24.4 Å². The second kappa shape index (κ2) is 7.03. The third-order valence-electron chi connectivity index (χ3n) is 2.86. The molecule has 0 radical (unpaired) electrons. The van der Waals surface area contributed by atoms with Crippen LogP contribution in [0, 0.1) is 11.5 Å². The SMILES string of the molecule is N#CN(C(N)=NCC(O)c1ccccc1)c1ccncc1. The van der Waals surface area contributed by atoms with Gasteiger partial charge in [-0.2, -0.15) is 5.26 Å². The van der Waals surface area contributed by atoms with Crippen molar-refractivity contribution in [3.63, 3.8) is 0 Å². The Hall–Kier alpha value is -2.91. The first kappa shape index (κ1) is 14.5. The molecule has 21 heavy (non-hydrogen) atoms. The fourth-order valence-corrected chi connectivity index (χ4v) is 1.77. The van der Waals surface area contributed by atoms with Gasteiger partial charge in [-0.05, 0) is 17.7 Å². The van der Waals surface area contributed by atoms with E-state index in [1.165, 1.54) is 4.90 Å². The Morgan fingerprint density at radius 3 is 2.57 bits per heavy atom. The van der Waals surface area contributed by atoms with Crippen LogP contribution >= 0.6 is 0 Å². The van der Waals surface area contributed by atoms with Crippen LogP contribution < -0.4 is 10.6 Å². The number of nitrogens with two attached hydrogens (primary N) is 1. The number of hydrogen-bond acceptors (Lipinski definition) is 4. The number of anilines is 1. The molecule has 0 aliphatic carbocycles. The highest BCUT2D eigenvalue weighted by Gasteiger charge is 2.11. The molecule has 2 aromatic rings. The maximum absolute atomic E-state index is 10.0. The normalized spacial score (nSPS) is 12.5. The van der Waals surface area contributed by atoms with Crippen LogP contribution in [-0.4, -0.2) is 22.6 Å². The highest BCUT2D eigenvalue weighted by molar-refractivity contribution is 5.97. The zero-order valence-corrected chi connectivity index (χ0v) is 11.3. The number of aromatic nitrogens is 1. The standard InChI is InChI=1S/C15H15N5O/c16-11-20(13-6-8-18-9-7-13)15(17)19-10-14(21)12-4-2-1-3-5-12/h1-9,14,21H,10H2,(H2,17,19). The van der Waals surface area contributed by atoms with Gasteiger partial charge in [0.2, 0.25) is 5.96 Å². The van der Waals surface area contributed by atoms with Crippen LogP contribution in [0.25, 0.3) is 0 Å². The summed E-state index contributed by atoms with van der Waals surface area (Å²) in [7, 11) is 0. The summed E-state index contributed by atoms with van der Waals surface area (Å²) >= 11 is 0. The number of rotatable bonds is 4. The lowest BCUT2D eigenvalue weighted by Crippen LogP contribution is -2.34. The minimum atomic E-state index is -0.761. The van der Waals surface area contributed by atoms with Crippen molar-refractivity contribution < 1.29 is 5.11 Å². The summed E-state index contributed by atoms with van der Waals surface area (Å²) in [6.45, 7) is 0.0825. The first-order valence-corrected chi connectivity index (χ1v) is 6.35. The van der Waals surface area contributed by atoms with Crippen molar-refractivity contribution >= 4 is 11.6 Å². The van der Waals surface area contributed by atoms with Gasteiger partial charge in [0, 0.05) is 12.4 Å². The lowest BCUT2D eigenvalue weighted by molar-refractivity contribution is 0.187. The van der Waals surface area contributed by atoms with Gasteiger partial charge in [0.25, 0.3) is 0 Å². The van der Waals surface area contributed by atoms with Crippen LogP contribution in [0.4, 0.5) is 5.69 Å². The van der Waals surface area contributed by atoms with Crippen LogP contribution in [0.2, 0.25) is 0 Å². The molecule has 6 heteroatoms. The van der Waals surface area contributed by atoms with Gasteiger partial charge < -0.3 is 10.8 Å². The predicted octanol–water partition coefficient (Wildman–Crippen LogP) is 1.42. The van der Waals surface area contributed by atoms with Crippen LogP contribution in [0.15, 0.2) is 59.9 Å². The minimum Gasteiger partial charge on any atom is -0.386 e. The third-order valence-corrected chi connectivity index (χ3v) is 2.86. The molecule has 0 aliphatic heterocycles. The van der Waals surface area contributed by atoms with E-state index < -0.39 is 6.10 Å². The Morgan fingerprint density at radius 1 is 1.29 bits per heavy atom. The van der Waals surface area contributed by atoms with Crippen LogP contribution in [0.5, 0.6) is 0 Å². The number of aliphatic hydroxyl groups excluding tert-OH is 1. The van der Waals surface area contributed by atoms with E-state index in [4.69, 9.17) is 11.0 Å². The molecule has 2 rings (SSSR count). The van der Waals surface area contributed by atoms with Crippen molar-refractivity contribution in [1.82, 2.24) is 4.98 Å². The maximum atomic E-state index is 10.0. The van der Waals surface area contributed by atoms with Crippen molar-refractivity contribution in [3.8, 4) is 6.19 Å². The quantitative estimate of drug-likeness (QED) is 0.382. The average molecular weight is 281 g/mol. The monoisotopic (exact) mass is 281 g/mol. The van der Waals surface area contributed by atoms with Gasteiger partial charge in [-0.3, -0.25) is 4.98 Å². The number of nitrogens with zero attached hydrogens (tertiary/aromatic N) is 4. The summed E-state index contributed by atoms with van der Waals surface area (Å²) in [5.41, 5.74) is 7.13. The molecule has 0 spiro atoms. The maximum Gasteiger partial charge on any atom is 0.209 e. The van der Waals surface area contributed by atoms with Crippen LogP contribution in [-0.2, 0) is 0 Å². The molecular formula is C15H15N5O. The number of hydrogen-bond donors (Lipinski definition) is 2. The minimum absolute atomic E-state index is 0.0266. The zero-order chi connectivity index (χ0) is 15.1. The summed E-state index contributed by atoms with van der Waals surface area (Å²) in [6.07, 6.45) is 4.31. The second-order valence-electron chi connectivity index (χ2n) is 4.27. The Labute approximate surface area is 122 Å². The highest BCUT2D eigenvalue weighted by Crippen LogP contribution is 2.14. The van der Waals surface area contributed by atoms with E-state index in [2.05, 4.69) is 9.98 Å². The Kier molecular flexibility index (Phi) is 4.85. The number of nitriles is 1. The molecule has 0 saturated heterocycles. The molecule has 1 unspecified atom stereocenters. The number of pyridine rings is 1. The molecule has 0 bridgehead atoms. The number of guanidine groups is 1. The Balaban J connectivity index is 2.08. The molecule has 1 aromatic carbocycles. The number of aliphatic imine (C=N–C) groups is 1. The molecular weight excluding hydrogens is 266 g/mol. The lowest BCUT2D eigenvalue weighted by Gasteiger charge is -2.15. The predicted molar refractivity (Wildman–Crippen MR) is 80.2 cm³/mol. The van der Waals surface area contributed by atoms with Gasteiger partial charge in [0.05, 0.1) is 18.3 Å². The molecule has 3 N–H and O–H groups in total. The third kappa shape index (κ3) is 3.78. The molecule has 0 amide bonds. The first-order chi connectivity index (χ1) is 10.2. The fraction of sp³-hybridized carbons (Fsp3) is 0.133. The summed E-state index contributed by atoms with van der Waals surface area (Å²) in [5.74, 6) is 0.0266. The van der Waals surface area contributed by atoms with Gasteiger partial charge in [-0.1, -0.05) is 30.3 Å². The van der Waals surface area contributed by atoms with E-state index in [9.17, 15) is 5.11 Å². The molecule has 0 fully saturated rings. The summed E-state index contributed by atoms with van der Waals surface area (Å²) < 4.78 is 0. The van der Waals surface area contributed by atoms with E-state index in [0.29, 0.717) is 5.69 Å². The zero-order valence-electron chi connectivity index (χ0n) is 11.3. The van der Waals surface area contributed by atoms with Crippen molar-refractivity contribution in [2.45, 2.75) is 6.10 Å². The summed E-state index contributed by atoms with van der Waals surface area (Å²) in [5, 5.41) is 19.2. The van der Waals surface area contributed by atoms with Crippen molar-refractivity contribution in [1.29, 1.82) is 5.26 Å². The topological polar surface area (TPSA) is 98.5 Å². The van der Waals surface area contributed by atoms with Gasteiger partial charge >= 0.3 is 0 Å². The Bertz CT molecular complexity index is 636. The van der Waals surface area contributed by atoms with Crippen LogP contribution in [0.3, 0.4) is 0 Å². The van der Waals surface area contributed by atoms with Gasteiger partial charge in [-0.15, -0.1) is 0 Å². The van der Waals surface area contributed by atoms with E-state index >= 15 is 0 Å². The van der Waals surface area contributed by atoms with Crippen molar-refractivity contribution in [2.24, 2.45) is 10.7 Å². The number of aliphatic hydroxyl groups is 1. The van der Waals surface area contributed by atoms with E-state index in [1.54, 1.807) is 36.7 Å². The smallest absolute Gasteiger partial charge is 0.209 e. The molecule has 0 saturated carbocycles. The molecule has 1 aromatic heterocycles. The van der Waals surface area contributed by atoms with Crippen LogP contribution in [0.1, 0.15) is 11.7 Å². The summed E-state index contributed by atoms with van der Waals surface area (Å²) in [6, 6.07) is 12.5. The van der Waals surface area contributed by atoms with Crippen molar-refractivity contribution in [2.75, 3.05) is 11.4 Å². The van der Waals surface area contributed by atoms with Crippen molar-refractivity contribution in [3.05, 3.63) is 60.4 Å². The molecule has 106 valence electrons. The molecule has 6 nitrogen and oxygen atoms in total. The largest absolute Gasteiger partial charge is 0.386 e. The Morgan fingerprint density at radius 2 is 1.95 bits per heavy atom. The fourth-order valence-electron chi connectivity index (χ4n) is 1.77. The molecule has 0 aliphatic rings. The first-order valence-electron chi connectivity index (χ1n) is 6.35. The summed E-state index contributed by atoms with van der Waals surface area (Å²) in [4.78, 5) is 9.13. The van der Waals surface area contributed by atoms with E-state index in [-0.39, 0.29) is 12.5 Å². The second-order valence-corrected chi connectivity index (χ2v) is 4.27. The number of benzene rings is 1.